The number of hydrogen-bond acceptors (Lipinski definition) is 4. The Morgan fingerprint density at radius 2 is 1.11 bits per heavy atom. The highest BCUT2D eigenvalue weighted by molar-refractivity contribution is 8.42. The van der Waals surface area contributed by atoms with Crippen LogP contribution in [0.2, 0.25) is 39.7 Å². The van der Waals surface area contributed by atoms with Gasteiger partial charge in [-0.25, -0.2) is 0 Å². The molecule has 1 aliphatic heterocycles. The molecule has 0 saturated carbocycles. The molecule has 1 aromatic rings. The maximum atomic E-state index is 13.5. The van der Waals surface area contributed by atoms with E-state index in [1.165, 1.54) is 5.31 Å². The molecule has 1 aliphatic rings. The highest BCUT2D eigenvalue weighted by Crippen LogP contribution is 3.04. The van der Waals surface area contributed by atoms with Gasteiger partial charge in [-0.3, -0.25) is 0 Å². The Balaban J connectivity index is 3.17. The summed E-state index contributed by atoms with van der Waals surface area (Å²) in [5.41, 5.74) is -0.167. The number of nitrogens with zero attached hydrogens (tertiary/aromatic N) is 2. The van der Waals surface area contributed by atoms with Crippen molar-refractivity contribution < 1.29 is 9.63 Å². The Morgan fingerprint density at radius 3 is 1.42 bits per heavy atom. The van der Waals surface area contributed by atoms with Crippen LogP contribution in [0.3, 0.4) is 0 Å². The zero-order valence-corrected chi connectivity index (χ0v) is 31.2. The molecule has 11 heteroatoms. The lowest BCUT2D eigenvalue weighted by Gasteiger charge is -2.60. The minimum absolute atomic E-state index is 0.0119. The first-order chi connectivity index (χ1) is 17.1. The summed E-state index contributed by atoms with van der Waals surface area (Å²) in [6, 6.07) is 1.02. The van der Waals surface area contributed by atoms with Crippen LogP contribution >= 0.6 is 61.5 Å². The maximum absolute atomic E-state index is 13.5. The van der Waals surface area contributed by atoms with E-state index in [4.69, 9.17) is 50.9 Å². The molecule has 0 bridgehead atoms. The largest absolute Gasteiger partial charge is 0.869 e. The van der Waals surface area contributed by atoms with Gasteiger partial charge in [0, 0.05) is 24.2 Å². The summed E-state index contributed by atoms with van der Waals surface area (Å²) in [6.45, 7) is 32.2. The second-order valence-electron chi connectivity index (χ2n) is 13.2. The van der Waals surface area contributed by atoms with E-state index < -0.39 is 28.9 Å². The van der Waals surface area contributed by atoms with Crippen molar-refractivity contribution in [2.45, 2.75) is 120 Å². The van der Waals surface area contributed by atoms with Crippen molar-refractivity contribution in [2.24, 2.45) is 5.41 Å². The molecule has 2 rings (SSSR count). The van der Waals surface area contributed by atoms with Gasteiger partial charge < -0.3 is 9.63 Å². The van der Waals surface area contributed by atoms with Crippen LogP contribution in [-0.2, 0) is 0 Å². The van der Waals surface area contributed by atoms with E-state index in [0.29, 0.717) is 0 Å². The van der Waals surface area contributed by atoms with Crippen LogP contribution in [0.25, 0.3) is 0 Å². The van der Waals surface area contributed by atoms with E-state index in [9.17, 15) is 5.11 Å². The van der Waals surface area contributed by atoms with Gasteiger partial charge in [-0.1, -0.05) is 86.8 Å². The molecular formula is C27H46Cl4N2O2P2Si. The van der Waals surface area contributed by atoms with Crippen molar-refractivity contribution in [3.63, 3.8) is 0 Å². The zero-order valence-electron chi connectivity index (χ0n) is 25.4. The van der Waals surface area contributed by atoms with Crippen LogP contribution in [0.5, 0.6) is 11.5 Å². The highest BCUT2D eigenvalue weighted by atomic mass is 35.5. The Kier molecular flexibility index (Phi) is 11.2. The summed E-state index contributed by atoms with van der Waals surface area (Å²) in [5.74, 6) is -0.500. The quantitative estimate of drug-likeness (QED) is 0.114. The number of rotatable bonds is 9. The van der Waals surface area contributed by atoms with E-state index in [-0.39, 0.29) is 55.4 Å². The second kappa shape index (κ2) is 12.1. The number of benzene rings is 1. The third-order valence-electron chi connectivity index (χ3n) is 6.51. The normalized spacial score (nSPS) is 18.6. The van der Waals surface area contributed by atoms with Crippen molar-refractivity contribution in [2.75, 3.05) is 0 Å². The van der Waals surface area contributed by atoms with Crippen LogP contribution in [0.4, 0.5) is 0 Å². The van der Waals surface area contributed by atoms with Crippen molar-refractivity contribution >= 4 is 69.6 Å². The average Bonchev–Trinajstić information content (AvgIpc) is 2.71. The molecule has 0 aromatic heterocycles. The van der Waals surface area contributed by atoms with Crippen molar-refractivity contribution in [3.8, 4) is 11.5 Å². The topological polar surface area (TPSA) is 38.8 Å². The van der Waals surface area contributed by atoms with Gasteiger partial charge in [0.2, 0.25) is 7.25 Å². The Hall–Kier alpha value is 0.717. The van der Waals surface area contributed by atoms with Gasteiger partial charge >= 0.3 is 7.84 Å². The number of allylic oxidation sites excluding steroid dienone is 1. The molecule has 0 saturated heterocycles. The van der Waals surface area contributed by atoms with Crippen LogP contribution in [0.15, 0.2) is 10.3 Å². The summed E-state index contributed by atoms with van der Waals surface area (Å²) in [6.07, 6.45) is 0. The Labute approximate surface area is 254 Å². The third kappa shape index (κ3) is 5.95. The third-order valence-corrected chi connectivity index (χ3v) is 24.2. The minimum Gasteiger partial charge on any atom is -0.869 e. The molecule has 0 spiro atoms. The second-order valence-corrected chi connectivity index (χ2v) is 26.6. The first-order valence-electron chi connectivity index (χ1n) is 13.3. The van der Waals surface area contributed by atoms with Crippen LogP contribution in [-0.4, -0.2) is 41.6 Å². The molecular weight excluding hydrogens is 616 g/mol. The minimum atomic E-state index is -2.32. The zero-order chi connectivity index (χ0) is 29.9. The van der Waals surface area contributed by atoms with Crippen LogP contribution in [0, 0.1) is 5.41 Å². The van der Waals surface area contributed by atoms with Crippen LogP contribution in [0.1, 0.15) is 76.2 Å². The van der Waals surface area contributed by atoms with Gasteiger partial charge in [0.15, 0.2) is 0 Å². The molecule has 0 amide bonds. The van der Waals surface area contributed by atoms with Gasteiger partial charge in [0.25, 0.3) is 0 Å². The molecule has 0 radical (unpaired) electrons. The average molecular weight is 663 g/mol. The molecule has 4 nitrogen and oxygen atoms in total. The van der Waals surface area contributed by atoms with Crippen LogP contribution < -0.4 is 9.63 Å². The summed E-state index contributed by atoms with van der Waals surface area (Å²) < 4.78 is 12.4. The van der Waals surface area contributed by atoms with Gasteiger partial charge in [-0.15, -0.1) is 9.34 Å². The monoisotopic (exact) mass is 660 g/mol. The lowest BCUT2D eigenvalue weighted by atomic mass is 9.97. The van der Waals surface area contributed by atoms with Crippen molar-refractivity contribution in [3.05, 3.63) is 30.3 Å². The summed E-state index contributed by atoms with van der Waals surface area (Å²) in [4.78, 5) is 1.59. The van der Waals surface area contributed by atoms with E-state index in [1.807, 2.05) is 0 Å². The molecule has 0 aliphatic carbocycles. The fourth-order valence-electron chi connectivity index (χ4n) is 5.75. The molecule has 1 atom stereocenters. The molecule has 1 unspecified atom stereocenters. The maximum Gasteiger partial charge on any atom is 0.325 e. The molecule has 1 heterocycles. The summed E-state index contributed by atoms with van der Waals surface area (Å²) in [7, 11) is -5.55. The summed E-state index contributed by atoms with van der Waals surface area (Å²) >= 11 is 25.7. The molecule has 1 aromatic carbocycles. The van der Waals surface area contributed by atoms with Gasteiger partial charge in [0.05, 0.1) is 20.4 Å². The first kappa shape index (κ1) is 34.9. The van der Waals surface area contributed by atoms with Gasteiger partial charge in [-0.2, -0.15) is 0 Å². The molecule has 38 heavy (non-hydrogen) atoms. The Morgan fingerprint density at radius 1 is 0.737 bits per heavy atom. The molecule has 0 N–H and O–H groups in total. The first-order valence-corrected chi connectivity index (χ1v) is 22.0. The van der Waals surface area contributed by atoms with Gasteiger partial charge in [-0.05, 0) is 66.6 Å². The highest BCUT2D eigenvalue weighted by Gasteiger charge is 2.78. The number of halogens is 4. The number of hydrogen-bond donors (Lipinski definition) is 0. The summed E-state index contributed by atoms with van der Waals surface area (Å²) in [5, 5.41) is 14.7. The van der Waals surface area contributed by atoms with E-state index >= 15 is 0 Å². The smallest absolute Gasteiger partial charge is 0.325 e. The van der Waals surface area contributed by atoms with E-state index in [2.05, 4.69) is 105 Å². The fourth-order valence-corrected chi connectivity index (χ4v) is 30.3. The van der Waals surface area contributed by atoms with E-state index in [1.54, 1.807) is 4.94 Å². The fraction of sp³-hybridized carbons (Fsp3) is 0.704. The predicted octanol–water partition coefficient (Wildman–Crippen LogP) is 11.3. The molecule has 0 fully saturated rings. The molecule has 218 valence electrons. The predicted molar refractivity (Wildman–Crippen MR) is 174 cm³/mol. The van der Waals surface area contributed by atoms with Crippen molar-refractivity contribution in [1.82, 2.24) is 9.34 Å². The van der Waals surface area contributed by atoms with Gasteiger partial charge in [0.1, 0.15) is 23.8 Å². The Bertz CT molecular complexity index is 1020. The standard InChI is InChI=1S/C27H46Cl4N2O2P2Si/c1-15(2)32(16(3)4)37(33(17(5)6)18(7)8)26(38(12,13)14)25(27(9,10)11)36(37)35-24-22(31)20(29)19(28)21(30)23(24)34/h15-18H,1-14H3. The lowest BCUT2D eigenvalue weighted by Crippen LogP contribution is -2.54. The van der Waals surface area contributed by atoms with Crippen molar-refractivity contribution in [1.29, 1.82) is 0 Å². The van der Waals surface area contributed by atoms with E-state index in [0.717, 1.165) is 0 Å². The lowest BCUT2D eigenvalue weighted by molar-refractivity contribution is -0.269. The SMILES string of the molecule is CC(C)N(C(C)C)[P+]1(N(C(C)C)C(C)C)C([Si](C)(C)C)=C(C(C)(C)C)P1Oc1c([O-])c(Cl)c(Cl)c(Cl)c1Cl.